The number of hydrogen-bond donors (Lipinski definition) is 0. The molecule has 0 N–H and O–H groups in total. The maximum absolute atomic E-state index is 12.8. The second-order valence-electron chi connectivity index (χ2n) is 9.72. The van der Waals surface area contributed by atoms with E-state index in [-0.39, 0.29) is 5.25 Å². The van der Waals surface area contributed by atoms with Gasteiger partial charge in [0, 0.05) is 57.9 Å². The Bertz CT molecular complexity index is 1640. The van der Waals surface area contributed by atoms with Gasteiger partial charge in [-0.25, -0.2) is 23.4 Å². The van der Waals surface area contributed by atoms with E-state index in [9.17, 15) is 8.42 Å². The average molecular weight is 545 g/mol. The van der Waals surface area contributed by atoms with Gasteiger partial charge in [0.25, 0.3) is 10.0 Å². The van der Waals surface area contributed by atoms with Crippen molar-refractivity contribution in [1.82, 2.24) is 38.8 Å². The topological polar surface area (TPSA) is 118 Å². The number of likely N-dealkylation sites (N-methyl/N-ethyl adjacent to an activating group) is 1. The monoisotopic (exact) mass is 544 g/mol. The van der Waals surface area contributed by atoms with Crippen LogP contribution in [0.15, 0.2) is 55.6 Å². The van der Waals surface area contributed by atoms with Gasteiger partial charge < -0.3 is 9.80 Å². The minimum absolute atomic E-state index is 0.377. The summed E-state index contributed by atoms with van der Waals surface area (Å²) in [6.45, 7) is 3.53. The van der Waals surface area contributed by atoms with Crippen molar-refractivity contribution < 1.29 is 8.42 Å². The van der Waals surface area contributed by atoms with Crippen molar-refractivity contribution in [3.63, 3.8) is 0 Å². The summed E-state index contributed by atoms with van der Waals surface area (Å²) in [4.78, 5) is 19.6. The summed E-state index contributed by atoms with van der Waals surface area (Å²) in [6.07, 6.45) is 12.8. The van der Waals surface area contributed by atoms with Crippen LogP contribution in [0.2, 0.25) is 0 Å². The fourth-order valence-corrected chi connectivity index (χ4v) is 5.92. The smallest absolute Gasteiger partial charge is 0.256 e. The molecule has 39 heavy (non-hydrogen) atoms. The number of aryl methyl sites for hydroxylation is 1. The molecule has 0 aromatic carbocycles. The van der Waals surface area contributed by atoms with Crippen LogP contribution in [0.3, 0.4) is 0 Å². The number of rotatable bonds is 6. The van der Waals surface area contributed by atoms with Gasteiger partial charge >= 0.3 is 0 Å². The Labute approximate surface area is 227 Å². The molecule has 0 radical (unpaired) electrons. The highest BCUT2D eigenvalue weighted by atomic mass is 32.2. The van der Waals surface area contributed by atoms with Crippen LogP contribution in [0.5, 0.6) is 0 Å². The Hall–Kier alpha value is -4.28. The van der Waals surface area contributed by atoms with E-state index < -0.39 is 10.0 Å². The molecule has 0 spiro atoms. The fraction of sp³-hybridized carbons (Fsp3) is 0.346. The molecule has 0 bridgehead atoms. The molecule has 0 atom stereocenters. The van der Waals surface area contributed by atoms with Gasteiger partial charge in [0.1, 0.15) is 18.0 Å². The van der Waals surface area contributed by atoms with Crippen molar-refractivity contribution in [2.75, 3.05) is 43.0 Å². The highest BCUT2D eigenvalue weighted by Gasteiger charge is 2.38. The molecule has 6 rings (SSSR count). The second kappa shape index (κ2) is 10.1. The molecule has 1 aliphatic heterocycles. The Kier molecular flexibility index (Phi) is 6.49. The first-order valence-electron chi connectivity index (χ1n) is 12.7. The lowest BCUT2D eigenvalue weighted by molar-refractivity contribution is 0.313. The minimum atomic E-state index is -3.52. The summed E-state index contributed by atoms with van der Waals surface area (Å²) in [5, 5.41) is 8.02. The van der Waals surface area contributed by atoms with Crippen LogP contribution < -0.4 is 9.80 Å². The SMILES string of the molecule is CN1CCN(c2cc(N(c3cnn(S(=O)(=O)C4CC4)c3)c3ccncn3)ncc2C#Cc2cnn(C)c2)CC1. The van der Waals surface area contributed by atoms with E-state index in [0.29, 0.717) is 30.2 Å². The first-order chi connectivity index (χ1) is 18.9. The zero-order valence-corrected chi connectivity index (χ0v) is 22.5. The Balaban J connectivity index is 1.44. The molecule has 0 amide bonds. The molecule has 13 heteroatoms. The normalized spacial score (nSPS) is 16.1. The van der Waals surface area contributed by atoms with E-state index in [2.05, 4.69) is 48.9 Å². The number of anilines is 4. The number of piperazine rings is 1. The third-order valence-corrected chi connectivity index (χ3v) is 8.83. The molecule has 1 aliphatic carbocycles. The van der Waals surface area contributed by atoms with Gasteiger partial charge in [0.05, 0.1) is 46.3 Å². The molecule has 4 aromatic rings. The molecule has 4 aromatic heterocycles. The molecule has 0 unspecified atom stereocenters. The molecule has 2 fully saturated rings. The quantitative estimate of drug-likeness (QED) is 0.332. The van der Waals surface area contributed by atoms with Gasteiger partial charge in [0.15, 0.2) is 0 Å². The predicted octanol–water partition coefficient (Wildman–Crippen LogP) is 1.76. The molecular formula is C26H28N10O2S. The first-order valence-corrected chi connectivity index (χ1v) is 14.2. The molecule has 2 aliphatic rings. The standard InChI is InChI=1S/C26H28N10O2S/c1-32-9-11-34(12-10-32)24-13-26(28-15-21(24)4-3-20-14-30-33(2)17-20)36(25-7-8-27-19-29-25)22-16-31-35(18-22)39(37,38)23-5-6-23/h7-8,13-19,23H,5-6,9-12H2,1-2H3. The van der Waals surface area contributed by atoms with Crippen LogP contribution in [-0.4, -0.2) is 85.7 Å². The van der Waals surface area contributed by atoms with Gasteiger partial charge in [-0.05, 0) is 26.0 Å². The van der Waals surface area contributed by atoms with Crippen LogP contribution >= 0.6 is 0 Å². The van der Waals surface area contributed by atoms with Gasteiger partial charge in [-0.1, -0.05) is 11.8 Å². The van der Waals surface area contributed by atoms with Crippen molar-refractivity contribution in [3.05, 3.63) is 66.8 Å². The molecule has 12 nitrogen and oxygen atoms in total. The van der Waals surface area contributed by atoms with E-state index in [1.165, 1.54) is 18.7 Å². The maximum Gasteiger partial charge on any atom is 0.256 e. The zero-order chi connectivity index (χ0) is 27.0. The Morgan fingerprint density at radius 2 is 1.77 bits per heavy atom. The van der Waals surface area contributed by atoms with E-state index in [1.54, 1.807) is 34.2 Å². The van der Waals surface area contributed by atoms with Crippen LogP contribution in [-0.2, 0) is 17.1 Å². The summed E-state index contributed by atoms with van der Waals surface area (Å²) < 4.78 is 28.4. The van der Waals surface area contributed by atoms with Crippen molar-refractivity contribution in [2.45, 2.75) is 18.1 Å². The van der Waals surface area contributed by atoms with E-state index in [4.69, 9.17) is 4.98 Å². The van der Waals surface area contributed by atoms with Gasteiger partial charge in [-0.15, -0.1) is 0 Å². The molecule has 200 valence electrons. The van der Waals surface area contributed by atoms with Crippen LogP contribution in [0.25, 0.3) is 0 Å². The molecule has 5 heterocycles. The number of pyridine rings is 1. The average Bonchev–Trinajstić information content (AvgIpc) is 3.56. The highest BCUT2D eigenvalue weighted by molar-refractivity contribution is 7.90. The first kappa shape index (κ1) is 25.0. The summed E-state index contributed by atoms with van der Waals surface area (Å²) in [5.41, 5.74) is 3.09. The summed E-state index contributed by atoms with van der Waals surface area (Å²) in [6, 6.07) is 3.73. The van der Waals surface area contributed by atoms with E-state index in [0.717, 1.165) is 47.1 Å². The second-order valence-corrected chi connectivity index (χ2v) is 11.8. The Morgan fingerprint density at radius 1 is 0.949 bits per heavy atom. The summed E-state index contributed by atoms with van der Waals surface area (Å²) in [7, 11) is 0.447. The van der Waals surface area contributed by atoms with Crippen molar-refractivity contribution in [1.29, 1.82) is 0 Å². The van der Waals surface area contributed by atoms with E-state index >= 15 is 0 Å². The highest BCUT2D eigenvalue weighted by Crippen LogP contribution is 2.36. The maximum atomic E-state index is 12.8. The van der Waals surface area contributed by atoms with Crippen LogP contribution in [0.4, 0.5) is 23.0 Å². The zero-order valence-electron chi connectivity index (χ0n) is 21.7. The Morgan fingerprint density at radius 3 is 2.46 bits per heavy atom. The fourth-order valence-electron chi connectivity index (χ4n) is 4.45. The third-order valence-electron chi connectivity index (χ3n) is 6.79. The van der Waals surface area contributed by atoms with Gasteiger partial charge in [-0.2, -0.15) is 14.3 Å². The van der Waals surface area contributed by atoms with Crippen molar-refractivity contribution in [3.8, 4) is 11.8 Å². The minimum Gasteiger partial charge on any atom is -0.368 e. The summed E-state index contributed by atoms with van der Waals surface area (Å²) in [5.74, 6) is 7.58. The predicted molar refractivity (Wildman–Crippen MR) is 147 cm³/mol. The van der Waals surface area contributed by atoms with E-state index in [1.807, 2.05) is 19.3 Å². The summed E-state index contributed by atoms with van der Waals surface area (Å²) >= 11 is 0. The number of nitrogens with zero attached hydrogens (tertiary/aromatic N) is 10. The van der Waals surface area contributed by atoms with Gasteiger partial charge in [0.2, 0.25) is 0 Å². The van der Waals surface area contributed by atoms with Crippen molar-refractivity contribution >= 4 is 33.0 Å². The number of aromatic nitrogens is 7. The lowest BCUT2D eigenvalue weighted by atomic mass is 10.1. The number of hydrogen-bond acceptors (Lipinski definition) is 10. The molecule has 1 saturated carbocycles. The molecular weight excluding hydrogens is 516 g/mol. The largest absolute Gasteiger partial charge is 0.368 e. The lowest BCUT2D eigenvalue weighted by Crippen LogP contribution is -2.44. The lowest BCUT2D eigenvalue weighted by Gasteiger charge is -2.35. The van der Waals surface area contributed by atoms with Gasteiger partial charge in [-0.3, -0.25) is 9.58 Å². The van der Waals surface area contributed by atoms with Crippen molar-refractivity contribution in [2.24, 2.45) is 7.05 Å². The van der Waals surface area contributed by atoms with Crippen LogP contribution in [0, 0.1) is 11.8 Å². The molecule has 1 saturated heterocycles. The third kappa shape index (κ3) is 5.21. The van der Waals surface area contributed by atoms with Crippen LogP contribution in [0.1, 0.15) is 24.0 Å².